The quantitative estimate of drug-likeness (QED) is 0.245. The van der Waals surface area contributed by atoms with E-state index in [1.165, 1.54) is 0 Å². The summed E-state index contributed by atoms with van der Waals surface area (Å²) in [5.41, 5.74) is -3.68. The molecule has 0 saturated carbocycles. The largest absolute Gasteiger partial charge is 0.481 e. The lowest BCUT2D eigenvalue weighted by molar-refractivity contribution is -0.121. The van der Waals surface area contributed by atoms with E-state index in [4.69, 9.17) is 11.2 Å². The first-order valence-electron chi connectivity index (χ1n) is 8.13. The first kappa shape index (κ1) is 19.4. The number of ether oxygens (including phenoxy) is 1. The molecule has 0 radical (unpaired) electrons. The van der Waals surface area contributed by atoms with Gasteiger partial charge in [0, 0.05) is 6.07 Å². The molecule has 0 aromatic heterocycles. The minimum atomic E-state index is -2.29. The average Bonchev–Trinajstić information content (AvgIpc) is 2.97. The zero-order valence-corrected chi connectivity index (χ0v) is 14.6. The summed E-state index contributed by atoms with van der Waals surface area (Å²) in [6.07, 6.45) is 5.20. The Morgan fingerprint density at radius 1 is 0.900 bits per heavy atom. The highest BCUT2D eigenvalue weighted by Gasteiger charge is 2.46. The summed E-state index contributed by atoms with van der Waals surface area (Å²) >= 11 is 0. The van der Waals surface area contributed by atoms with Gasteiger partial charge in [0.2, 0.25) is 0 Å². The van der Waals surface area contributed by atoms with E-state index in [1.807, 2.05) is 0 Å². The van der Waals surface area contributed by atoms with E-state index in [-0.39, 0.29) is 22.9 Å². The fourth-order valence-corrected chi connectivity index (χ4v) is 3.21. The molecule has 2 aromatic rings. The molecule has 2 aliphatic rings. The molecule has 0 unspecified atom stereocenters. The average molecular weight is 422 g/mol. The maximum atomic E-state index is 14.7. The Labute approximate surface area is 164 Å². The molecule has 11 heteroatoms. The minimum absolute atomic E-state index is 0.0124. The van der Waals surface area contributed by atoms with E-state index in [9.17, 15) is 36.3 Å². The number of rotatable bonds is 2. The highest BCUT2D eigenvalue weighted by atomic mass is 19.2. The number of carbonyl (C=O) groups is 3. The lowest BCUT2D eigenvalue weighted by Crippen LogP contribution is -2.39. The van der Waals surface area contributed by atoms with Crippen molar-refractivity contribution in [3.05, 3.63) is 52.3 Å². The van der Waals surface area contributed by atoms with Gasteiger partial charge in [-0.15, -0.1) is 6.42 Å². The predicted molar refractivity (Wildman–Crippen MR) is 90.5 cm³/mol. The van der Waals surface area contributed by atoms with Gasteiger partial charge in [-0.05, 0) is 6.07 Å². The van der Waals surface area contributed by atoms with Crippen molar-refractivity contribution in [2.24, 2.45) is 0 Å². The Morgan fingerprint density at radius 3 is 2.00 bits per heavy atom. The van der Waals surface area contributed by atoms with Crippen molar-refractivity contribution in [3.8, 4) is 18.1 Å². The second kappa shape index (κ2) is 6.55. The summed E-state index contributed by atoms with van der Waals surface area (Å²) in [4.78, 5) is 38.1. The van der Waals surface area contributed by atoms with Crippen molar-refractivity contribution in [1.82, 2.24) is 0 Å². The number of amides is 3. The first-order chi connectivity index (χ1) is 14.2. The van der Waals surface area contributed by atoms with Crippen LogP contribution >= 0.6 is 0 Å². The fourth-order valence-electron chi connectivity index (χ4n) is 3.21. The molecule has 3 amide bonds. The van der Waals surface area contributed by atoms with E-state index in [0.29, 0.717) is 0 Å². The van der Waals surface area contributed by atoms with Crippen molar-refractivity contribution in [2.45, 2.75) is 0 Å². The third-order valence-corrected chi connectivity index (χ3v) is 4.56. The summed E-state index contributed by atoms with van der Waals surface area (Å²) in [7, 11) is 0. The normalized spacial score (nSPS) is 15.1. The molecule has 0 bridgehead atoms. The fraction of sp³-hybridized carbons (Fsp3) is 0.105. The van der Waals surface area contributed by atoms with Crippen molar-refractivity contribution in [3.63, 3.8) is 0 Å². The Balaban J connectivity index is 1.90. The van der Waals surface area contributed by atoms with Crippen LogP contribution in [0.15, 0.2) is 12.1 Å². The van der Waals surface area contributed by atoms with Crippen molar-refractivity contribution < 1.29 is 41.1 Å². The van der Waals surface area contributed by atoms with Crippen LogP contribution in [0.1, 0.15) is 20.7 Å². The zero-order chi connectivity index (χ0) is 21.9. The van der Waals surface area contributed by atoms with Crippen LogP contribution in [0, 0.1) is 41.4 Å². The van der Waals surface area contributed by atoms with Crippen LogP contribution in [0.5, 0.6) is 5.75 Å². The maximum Gasteiger partial charge on any atom is 0.269 e. The molecule has 2 aromatic carbocycles. The minimum Gasteiger partial charge on any atom is -0.481 e. The highest BCUT2D eigenvalue weighted by molar-refractivity contribution is 6.34. The number of imide groups is 1. The molecule has 4 rings (SSSR count). The van der Waals surface area contributed by atoms with Gasteiger partial charge in [0.15, 0.2) is 35.7 Å². The topological polar surface area (TPSA) is 66.9 Å². The van der Waals surface area contributed by atoms with Gasteiger partial charge >= 0.3 is 0 Å². The number of halogens is 5. The maximum absolute atomic E-state index is 14.7. The molecule has 2 aliphatic heterocycles. The summed E-state index contributed by atoms with van der Waals surface area (Å²) in [5, 5.41) is 0. The Bertz CT molecular complexity index is 1170. The smallest absolute Gasteiger partial charge is 0.269 e. The van der Waals surface area contributed by atoms with Crippen molar-refractivity contribution in [2.75, 3.05) is 23.0 Å². The zero-order valence-electron chi connectivity index (χ0n) is 14.6. The third-order valence-electron chi connectivity index (χ3n) is 4.56. The molecule has 152 valence electrons. The highest BCUT2D eigenvalue weighted by Crippen LogP contribution is 2.41. The van der Waals surface area contributed by atoms with E-state index < -0.39 is 70.2 Å². The monoisotopic (exact) mass is 422 g/mol. The molecule has 30 heavy (non-hydrogen) atoms. The van der Waals surface area contributed by atoms with Crippen LogP contribution in [-0.4, -0.2) is 30.9 Å². The number of hydrogen-bond acceptors (Lipinski definition) is 4. The summed E-state index contributed by atoms with van der Waals surface area (Å²) < 4.78 is 75.0. The number of hydrogen-bond donors (Lipinski definition) is 0. The van der Waals surface area contributed by atoms with E-state index in [0.717, 1.165) is 17.0 Å². The van der Waals surface area contributed by atoms with Crippen molar-refractivity contribution >= 4 is 29.1 Å². The summed E-state index contributed by atoms with van der Waals surface area (Å²) in [6.45, 7) is -0.711. The van der Waals surface area contributed by atoms with E-state index in [1.54, 1.807) is 0 Å². The molecule has 0 aliphatic carbocycles. The molecule has 2 heterocycles. The summed E-state index contributed by atoms with van der Waals surface area (Å²) in [6, 6.07) is 1.57. The van der Waals surface area contributed by atoms with Gasteiger partial charge in [-0.3, -0.25) is 19.3 Å². The van der Waals surface area contributed by atoms with Crippen LogP contribution < -0.4 is 14.5 Å². The standard InChI is InChI=1S/C19H7F5N2O4/c1-2-3-25-9-5-8(7(20)4-10(9)30-6-11(25)27)26-18(28)12-13(19(26)29)15(22)17(24)16(23)14(12)21/h1,4-5H,3,6H2. The number of benzene rings is 2. The SMILES string of the molecule is C#CCN1C(=O)COc2cc(F)c(N3C(=O)c4c(F)c(F)c(F)c(F)c4C3=O)cc21. The summed E-state index contributed by atoms with van der Waals surface area (Å²) in [5.74, 6) is -11.8. The van der Waals surface area contributed by atoms with E-state index in [2.05, 4.69) is 5.92 Å². The lowest BCUT2D eigenvalue weighted by Gasteiger charge is -2.29. The molecule has 0 N–H and O–H groups in total. The molecule has 0 atom stereocenters. The second-order valence-electron chi connectivity index (χ2n) is 6.20. The van der Waals surface area contributed by atoms with Gasteiger partial charge in [-0.25, -0.2) is 26.9 Å². The lowest BCUT2D eigenvalue weighted by atomic mass is 10.1. The van der Waals surface area contributed by atoms with E-state index >= 15 is 0 Å². The van der Waals surface area contributed by atoms with Crippen LogP contribution in [0.25, 0.3) is 0 Å². The van der Waals surface area contributed by atoms with Gasteiger partial charge in [0.05, 0.1) is 29.0 Å². The van der Waals surface area contributed by atoms with Gasteiger partial charge in [-0.2, -0.15) is 0 Å². The molecular formula is C19H7F5N2O4. The number of nitrogens with zero attached hydrogens (tertiary/aromatic N) is 2. The van der Waals surface area contributed by atoms with Gasteiger partial charge in [0.25, 0.3) is 17.7 Å². The molecule has 6 nitrogen and oxygen atoms in total. The number of terminal acetylenes is 1. The van der Waals surface area contributed by atoms with Crippen LogP contribution in [0.4, 0.5) is 33.3 Å². The number of anilines is 2. The third kappa shape index (κ3) is 2.46. The van der Waals surface area contributed by atoms with Crippen LogP contribution in [0.2, 0.25) is 0 Å². The second-order valence-corrected chi connectivity index (χ2v) is 6.20. The van der Waals surface area contributed by atoms with Crippen LogP contribution in [0.3, 0.4) is 0 Å². The Hall–Kier alpha value is -3.94. The van der Waals surface area contributed by atoms with Gasteiger partial charge in [0.1, 0.15) is 5.75 Å². The first-order valence-corrected chi connectivity index (χ1v) is 8.13. The molecule has 0 spiro atoms. The molecule has 0 fully saturated rings. The molecule has 0 saturated heterocycles. The predicted octanol–water partition coefficient (Wildman–Crippen LogP) is 2.54. The Kier molecular flexibility index (Phi) is 4.23. The van der Waals surface area contributed by atoms with Crippen molar-refractivity contribution in [1.29, 1.82) is 0 Å². The number of fused-ring (bicyclic) bond motifs is 2. The number of carbonyl (C=O) groups excluding carboxylic acids is 3. The molecular weight excluding hydrogens is 415 g/mol. The van der Waals surface area contributed by atoms with Gasteiger partial charge < -0.3 is 4.74 Å². The van der Waals surface area contributed by atoms with Gasteiger partial charge in [-0.1, -0.05) is 5.92 Å². The van der Waals surface area contributed by atoms with Crippen LogP contribution in [-0.2, 0) is 4.79 Å². The Morgan fingerprint density at radius 2 is 1.47 bits per heavy atom.